The Balaban J connectivity index is 1.48. The maximum absolute atomic E-state index is 12.6. The molecule has 0 radical (unpaired) electrons. The van der Waals surface area contributed by atoms with E-state index in [1.165, 1.54) is 0 Å². The SMILES string of the molecule is COc1cccc2c1C(c1ccc(-c3nn[nH]n3)cc1)=CC1(CCN(C(=O)OC(C)(C)C)CC1)O2. The predicted molar refractivity (Wildman–Crippen MR) is 130 cm³/mol. The summed E-state index contributed by atoms with van der Waals surface area (Å²) < 4.78 is 17.9. The number of ether oxygens (including phenoxy) is 3. The highest BCUT2D eigenvalue weighted by Crippen LogP contribution is 2.47. The Morgan fingerprint density at radius 2 is 1.80 bits per heavy atom. The van der Waals surface area contributed by atoms with E-state index in [0.29, 0.717) is 31.8 Å². The number of amides is 1. The molecule has 182 valence electrons. The fraction of sp³-hybridized carbons (Fsp3) is 0.385. The van der Waals surface area contributed by atoms with Crippen LogP contribution >= 0.6 is 0 Å². The van der Waals surface area contributed by atoms with Crippen LogP contribution in [0.5, 0.6) is 11.5 Å². The fourth-order valence-electron chi connectivity index (χ4n) is 4.57. The molecule has 0 atom stereocenters. The highest BCUT2D eigenvalue weighted by molar-refractivity contribution is 5.88. The first-order chi connectivity index (χ1) is 16.8. The number of aromatic nitrogens is 4. The zero-order valence-corrected chi connectivity index (χ0v) is 20.4. The average molecular weight is 476 g/mol. The predicted octanol–water partition coefficient (Wildman–Crippen LogP) is 4.47. The van der Waals surface area contributed by atoms with Gasteiger partial charge in [-0.2, -0.15) is 5.21 Å². The van der Waals surface area contributed by atoms with E-state index < -0.39 is 11.2 Å². The summed E-state index contributed by atoms with van der Waals surface area (Å²) in [5.74, 6) is 2.06. The van der Waals surface area contributed by atoms with E-state index in [1.807, 2.05) is 63.2 Å². The minimum atomic E-state index is -0.528. The molecule has 9 heteroatoms. The number of tetrazole rings is 1. The maximum Gasteiger partial charge on any atom is 0.410 e. The van der Waals surface area contributed by atoms with Crippen LogP contribution in [0.4, 0.5) is 4.79 Å². The number of H-pyrrole nitrogens is 1. The van der Waals surface area contributed by atoms with Gasteiger partial charge in [0.1, 0.15) is 22.7 Å². The number of carbonyl (C=O) groups is 1. The van der Waals surface area contributed by atoms with Gasteiger partial charge in [-0.25, -0.2) is 4.79 Å². The van der Waals surface area contributed by atoms with Gasteiger partial charge in [0.2, 0.25) is 5.82 Å². The Morgan fingerprint density at radius 3 is 2.43 bits per heavy atom. The molecule has 0 bridgehead atoms. The van der Waals surface area contributed by atoms with Gasteiger partial charge in [-0.1, -0.05) is 30.3 Å². The van der Waals surface area contributed by atoms with Crippen LogP contribution in [-0.4, -0.2) is 63.0 Å². The molecule has 5 rings (SSSR count). The van der Waals surface area contributed by atoms with Crippen molar-refractivity contribution in [2.24, 2.45) is 0 Å². The lowest BCUT2D eigenvalue weighted by atomic mass is 9.82. The van der Waals surface area contributed by atoms with Gasteiger partial charge in [0, 0.05) is 31.5 Å². The van der Waals surface area contributed by atoms with Gasteiger partial charge >= 0.3 is 6.09 Å². The van der Waals surface area contributed by atoms with Crippen LogP contribution in [0.3, 0.4) is 0 Å². The maximum atomic E-state index is 12.6. The van der Waals surface area contributed by atoms with E-state index in [2.05, 4.69) is 26.7 Å². The Labute approximate surface area is 204 Å². The molecular formula is C26H29N5O4. The number of nitrogens with one attached hydrogen (secondary N) is 1. The number of likely N-dealkylation sites (tertiary alicyclic amines) is 1. The van der Waals surface area contributed by atoms with Crippen LogP contribution in [0.2, 0.25) is 0 Å². The molecule has 1 saturated heterocycles. The Morgan fingerprint density at radius 1 is 1.09 bits per heavy atom. The summed E-state index contributed by atoms with van der Waals surface area (Å²) in [6.45, 7) is 6.74. The highest BCUT2D eigenvalue weighted by atomic mass is 16.6. The number of aromatic amines is 1. The number of rotatable bonds is 3. The van der Waals surface area contributed by atoms with E-state index in [1.54, 1.807) is 12.0 Å². The van der Waals surface area contributed by atoms with Crippen LogP contribution in [-0.2, 0) is 4.74 Å². The number of piperidine rings is 1. The number of hydrogen-bond acceptors (Lipinski definition) is 7. The molecule has 3 heterocycles. The van der Waals surface area contributed by atoms with Crippen molar-refractivity contribution in [3.8, 4) is 22.9 Å². The molecule has 1 N–H and O–H groups in total. The van der Waals surface area contributed by atoms with Crippen molar-refractivity contribution in [3.63, 3.8) is 0 Å². The van der Waals surface area contributed by atoms with Gasteiger partial charge in [-0.05, 0) is 55.3 Å². The average Bonchev–Trinajstić information content (AvgIpc) is 3.37. The van der Waals surface area contributed by atoms with E-state index in [4.69, 9.17) is 14.2 Å². The molecule has 0 unspecified atom stereocenters. The van der Waals surface area contributed by atoms with Crippen molar-refractivity contribution >= 4 is 11.7 Å². The van der Waals surface area contributed by atoms with Crippen LogP contribution in [0, 0.1) is 0 Å². The second-order valence-electron chi connectivity index (χ2n) is 9.84. The lowest BCUT2D eigenvalue weighted by Crippen LogP contribution is -2.50. The first-order valence-corrected chi connectivity index (χ1v) is 11.7. The second kappa shape index (κ2) is 8.72. The van der Waals surface area contributed by atoms with Crippen molar-refractivity contribution in [2.45, 2.75) is 44.8 Å². The number of fused-ring (bicyclic) bond motifs is 1. The van der Waals surface area contributed by atoms with Crippen molar-refractivity contribution < 1.29 is 19.0 Å². The van der Waals surface area contributed by atoms with Gasteiger partial charge < -0.3 is 19.1 Å². The number of nitrogens with zero attached hydrogens (tertiary/aromatic N) is 4. The molecule has 1 aromatic heterocycles. The van der Waals surface area contributed by atoms with Crippen molar-refractivity contribution in [1.29, 1.82) is 0 Å². The van der Waals surface area contributed by atoms with Gasteiger partial charge in [0.15, 0.2) is 0 Å². The van der Waals surface area contributed by atoms with Crippen molar-refractivity contribution in [1.82, 2.24) is 25.5 Å². The summed E-state index contributed by atoms with van der Waals surface area (Å²) >= 11 is 0. The van der Waals surface area contributed by atoms with Gasteiger partial charge in [0.05, 0.1) is 12.7 Å². The van der Waals surface area contributed by atoms with E-state index >= 15 is 0 Å². The summed E-state index contributed by atoms with van der Waals surface area (Å²) in [6.07, 6.45) is 3.22. The molecule has 1 spiro atoms. The molecule has 0 aliphatic carbocycles. The fourth-order valence-corrected chi connectivity index (χ4v) is 4.57. The molecule has 2 aliphatic heterocycles. The van der Waals surface area contributed by atoms with E-state index in [-0.39, 0.29) is 6.09 Å². The standard InChI is InChI=1S/C26H29N5O4/c1-25(2,3)35-24(32)31-14-12-26(13-15-31)16-19(22-20(33-4)6-5-7-21(22)34-26)17-8-10-18(11-9-17)23-27-29-30-28-23/h5-11,16H,12-15H2,1-4H3,(H,27,28,29,30). The smallest absolute Gasteiger partial charge is 0.410 e. The van der Waals surface area contributed by atoms with Gasteiger partial charge in [-0.3, -0.25) is 0 Å². The first kappa shape index (κ1) is 22.9. The monoisotopic (exact) mass is 475 g/mol. The molecule has 3 aromatic rings. The van der Waals surface area contributed by atoms with Crippen molar-refractivity contribution in [3.05, 3.63) is 59.7 Å². The quantitative estimate of drug-likeness (QED) is 0.596. The largest absolute Gasteiger partial charge is 0.496 e. The molecule has 0 saturated carbocycles. The molecule has 1 amide bonds. The molecule has 35 heavy (non-hydrogen) atoms. The lowest BCUT2D eigenvalue weighted by Gasteiger charge is -2.43. The Bertz CT molecular complexity index is 1240. The third kappa shape index (κ3) is 4.58. The number of hydrogen-bond donors (Lipinski definition) is 1. The minimum Gasteiger partial charge on any atom is -0.496 e. The third-order valence-electron chi connectivity index (χ3n) is 6.26. The molecule has 2 aliphatic rings. The molecular weight excluding hydrogens is 446 g/mol. The zero-order valence-electron chi connectivity index (χ0n) is 20.4. The van der Waals surface area contributed by atoms with Crippen LogP contribution in [0.1, 0.15) is 44.7 Å². The second-order valence-corrected chi connectivity index (χ2v) is 9.84. The highest BCUT2D eigenvalue weighted by Gasteiger charge is 2.41. The van der Waals surface area contributed by atoms with Crippen LogP contribution in [0.15, 0.2) is 48.5 Å². The summed E-state index contributed by atoms with van der Waals surface area (Å²) in [7, 11) is 1.66. The topological polar surface area (TPSA) is 102 Å². The zero-order chi connectivity index (χ0) is 24.6. The van der Waals surface area contributed by atoms with E-state index in [0.717, 1.165) is 33.8 Å². The summed E-state index contributed by atoms with van der Waals surface area (Å²) in [5.41, 5.74) is 2.80. The van der Waals surface area contributed by atoms with Gasteiger partial charge in [-0.15, -0.1) is 10.2 Å². The van der Waals surface area contributed by atoms with Gasteiger partial charge in [0.25, 0.3) is 0 Å². The Hall–Kier alpha value is -3.88. The van der Waals surface area contributed by atoms with E-state index in [9.17, 15) is 4.79 Å². The van der Waals surface area contributed by atoms with Crippen LogP contribution in [0.25, 0.3) is 17.0 Å². The normalized spacial score (nSPS) is 16.8. The lowest BCUT2D eigenvalue weighted by molar-refractivity contribution is -0.00120. The van der Waals surface area contributed by atoms with Crippen molar-refractivity contribution in [2.75, 3.05) is 20.2 Å². The molecule has 2 aromatic carbocycles. The number of carbonyl (C=O) groups excluding carboxylic acids is 1. The summed E-state index contributed by atoms with van der Waals surface area (Å²) in [4.78, 5) is 14.4. The number of methoxy groups -OCH3 is 1. The third-order valence-corrected chi connectivity index (χ3v) is 6.26. The summed E-state index contributed by atoms with van der Waals surface area (Å²) in [6, 6.07) is 13.9. The molecule has 1 fully saturated rings. The molecule has 9 nitrogen and oxygen atoms in total. The first-order valence-electron chi connectivity index (χ1n) is 11.7. The van der Waals surface area contributed by atoms with Crippen LogP contribution < -0.4 is 9.47 Å². The minimum absolute atomic E-state index is 0.286. The number of benzene rings is 2. The Kier molecular flexibility index (Phi) is 5.70. The summed E-state index contributed by atoms with van der Waals surface area (Å²) in [5, 5.41) is 14.2.